The second-order valence-corrected chi connectivity index (χ2v) is 2.75. The maximum atomic E-state index is 8.55. The zero-order valence-corrected chi connectivity index (χ0v) is 5.98. The number of aliphatic hydroxyl groups is 1. The summed E-state index contributed by atoms with van der Waals surface area (Å²) in [7, 11) is 0. The molecule has 0 aliphatic carbocycles. The molecule has 0 atom stereocenters. The largest absolute Gasteiger partial charge is 0.389 e. The van der Waals surface area contributed by atoms with Crippen LogP contribution in [0.3, 0.4) is 0 Å². The van der Waals surface area contributed by atoms with Crippen LogP contribution in [0.1, 0.15) is 16.9 Å². The molecule has 0 radical (unpaired) electrons. The van der Waals surface area contributed by atoms with Crippen LogP contribution >= 0.6 is 11.3 Å². The predicted molar refractivity (Wildman–Crippen MR) is 35.2 cm³/mol. The minimum atomic E-state index is 0.0116. The van der Waals surface area contributed by atoms with Crippen LogP contribution in [-0.4, -0.2) is 15.3 Å². The Labute approximate surface area is 57.4 Å². The van der Waals surface area contributed by atoms with Crippen molar-refractivity contribution in [2.24, 2.45) is 0 Å². The highest BCUT2D eigenvalue weighted by atomic mass is 32.1. The van der Waals surface area contributed by atoms with Gasteiger partial charge in [0.1, 0.15) is 10.0 Å². The lowest BCUT2D eigenvalue weighted by Crippen LogP contribution is -1.79. The van der Waals surface area contributed by atoms with Gasteiger partial charge < -0.3 is 5.11 Å². The molecule has 0 spiro atoms. The van der Waals surface area contributed by atoms with Gasteiger partial charge in [0, 0.05) is 0 Å². The van der Waals surface area contributed by atoms with E-state index in [1.54, 1.807) is 0 Å². The lowest BCUT2D eigenvalue weighted by molar-refractivity contribution is 0.280. The lowest BCUT2D eigenvalue weighted by Gasteiger charge is -1.78. The van der Waals surface area contributed by atoms with E-state index in [0.29, 0.717) is 5.01 Å². The first-order chi connectivity index (χ1) is 4.36. The minimum absolute atomic E-state index is 0.0116. The van der Waals surface area contributed by atoms with Crippen molar-refractivity contribution in [3.05, 3.63) is 10.0 Å². The molecular weight excluding hydrogens is 136 g/mol. The average molecular weight is 144 g/mol. The van der Waals surface area contributed by atoms with Crippen LogP contribution in [0, 0.1) is 0 Å². The number of rotatable bonds is 2. The molecule has 9 heavy (non-hydrogen) atoms. The Morgan fingerprint density at radius 1 is 1.44 bits per heavy atom. The van der Waals surface area contributed by atoms with Crippen LogP contribution in [0.4, 0.5) is 0 Å². The van der Waals surface area contributed by atoms with Gasteiger partial charge in [-0.15, -0.1) is 10.2 Å². The number of aryl methyl sites for hydroxylation is 1. The zero-order chi connectivity index (χ0) is 6.69. The highest BCUT2D eigenvalue weighted by Crippen LogP contribution is 2.08. The first-order valence-electron chi connectivity index (χ1n) is 2.79. The number of nitrogens with zero attached hydrogens (tertiary/aromatic N) is 2. The predicted octanol–water partition coefficient (Wildman–Crippen LogP) is 0.593. The first-order valence-corrected chi connectivity index (χ1v) is 3.60. The maximum absolute atomic E-state index is 8.55. The van der Waals surface area contributed by atoms with Gasteiger partial charge >= 0.3 is 0 Å². The smallest absolute Gasteiger partial charge is 0.143 e. The van der Waals surface area contributed by atoms with E-state index in [9.17, 15) is 0 Å². The Bertz CT molecular complexity index is 168. The van der Waals surface area contributed by atoms with Crippen LogP contribution in [0.25, 0.3) is 0 Å². The molecule has 0 saturated heterocycles. The van der Waals surface area contributed by atoms with Crippen LogP contribution < -0.4 is 0 Å². The van der Waals surface area contributed by atoms with E-state index < -0.39 is 0 Å². The fourth-order valence-electron chi connectivity index (χ4n) is 0.495. The van der Waals surface area contributed by atoms with Gasteiger partial charge in [0.15, 0.2) is 0 Å². The van der Waals surface area contributed by atoms with E-state index in [2.05, 4.69) is 10.2 Å². The third-order valence-corrected chi connectivity index (χ3v) is 2.00. The number of aromatic nitrogens is 2. The van der Waals surface area contributed by atoms with Gasteiger partial charge in [0.2, 0.25) is 0 Å². The fraction of sp³-hybridized carbons (Fsp3) is 0.600. The van der Waals surface area contributed by atoms with Gasteiger partial charge in [0.05, 0.1) is 6.61 Å². The summed E-state index contributed by atoms with van der Waals surface area (Å²) in [5.41, 5.74) is 0. The Kier molecular flexibility index (Phi) is 2.13. The van der Waals surface area contributed by atoms with E-state index in [1.807, 2.05) is 6.92 Å². The first kappa shape index (κ1) is 6.64. The van der Waals surface area contributed by atoms with Crippen molar-refractivity contribution in [2.45, 2.75) is 20.0 Å². The van der Waals surface area contributed by atoms with Gasteiger partial charge in [-0.05, 0) is 6.42 Å². The molecule has 1 rings (SSSR count). The summed E-state index contributed by atoms with van der Waals surface area (Å²) in [5, 5.41) is 17.8. The molecule has 0 bridgehead atoms. The van der Waals surface area contributed by atoms with Gasteiger partial charge in [0.25, 0.3) is 0 Å². The Hall–Kier alpha value is -0.480. The van der Waals surface area contributed by atoms with E-state index in [4.69, 9.17) is 5.11 Å². The molecule has 0 saturated carbocycles. The Morgan fingerprint density at radius 3 is 2.44 bits per heavy atom. The Balaban J connectivity index is 2.74. The average Bonchev–Trinajstić information content (AvgIpc) is 2.34. The molecule has 1 heterocycles. The summed E-state index contributed by atoms with van der Waals surface area (Å²) >= 11 is 1.46. The van der Waals surface area contributed by atoms with Gasteiger partial charge in [-0.1, -0.05) is 18.3 Å². The SMILES string of the molecule is CCc1nnc(CO)s1. The molecule has 3 nitrogen and oxygen atoms in total. The third-order valence-electron chi connectivity index (χ3n) is 0.946. The normalized spacial score (nSPS) is 10.0. The molecule has 0 unspecified atom stereocenters. The second-order valence-electron chi connectivity index (χ2n) is 1.60. The van der Waals surface area contributed by atoms with Gasteiger partial charge in [-0.2, -0.15) is 0 Å². The summed E-state index contributed by atoms with van der Waals surface area (Å²) in [6.45, 7) is 2.03. The summed E-state index contributed by atoms with van der Waals surface area (Å²) in [5.74, 6) is 0. The van der Waals surface area contributed by atoms with Crippen molar-refractivity contribution in [1.29, 1.82) is 0 Å². The van der Waals surface area contributed by atoms with Crippen molar-refractivity contribution >= 4 is 11.3 Å². The van der Waals surface area contributed by atoms with Crippen molar-refractivity contribution in [3.8, 4) is 0 Å². The molecule has 0 amide bonds. The molecule has 1 N–H and O–H groups in total. The highest BCUT2D eigenvalue weighted by Gasteiger charge is 1.98. The molecule has 0 aliphatic rings. The fourth-order valence-corrected chi connectivity index (χ4v) is 1.14. The van der Waals surface area contributed by atoms with E-state index in [1.165, 1.54) is 11.3 Å². The van der Waals surface area contributed by atoms with Gasteiger partial charge in [-0.3, -0.25) is 0 Å². The summed E-state index contributed by atoms with van der Waals surface area (Å²) in [4.78, 5) is 0. The molecule has 4 heteroatoms. The molecule has 0 aromatic carbocycles. The molecule has 0 aliphatic heterocycles. The van der Waals surface area contributed by atoms with Crippen molar-refractivity contribution in [2.75, 3.05) is 0 Å². The Morgan fingerprint density at radius 2 is 2.11 bits per heavy atom. The zero-order valence-electron chi connectivity index (χ0n) is 5.16. The second kappa shape index (κ2) is 2.89. The summed E-state index contributed by atoms with van der Waals surface area (Å²) < 4.78 is 0. The molecule has 1 aromatic rings. The maximum Gasteiger partial charge on any atom is 0.143 e. The number of hydrogen-bond acceptors (Lipinski definition) is 4. The summed E-state index contributed by atoms with van der Waals surface area (Å²) in [6.07, 6.45) is 0.900. The topological polar surface area (TPSA) is 46.0 Å². The summed E-state index contributed by atoms with van der Waals surface area (Å²) in [6, 6.07) is 0. The lowest BCUT2D eigenvalue weighted by atomic mass is 10.5. The van der Waals surface area contributed by atoms with Crippen molar-refractivity contribution in [3.63, 3.8) is 0 Å². The molecular formula is C5H8N2OS. The van der Waals surface area contributed by atoms with Crippen molar-refractivity contribution < 1.29 is 5.11 Å². The highest BCUT2D eigenvalue weighted by molar-refractivity contribution is 7.11. The van der Waals surface area contributed by atoms with E-state index >= 15 is 0 Å². The molecule has 0 fully saturated rings. The monoisotopic (exact) mass is 144 g/mol. The quantitative estimate of drug-likeness (QED) is 0.661. The van der Waals surface area contributed by atoms with Crippen LogP contribution in [0.2, 0.25) is 0 Å². The van der Waals surface area contributed by atoms with E-state index in [0.717, 1.165) is 11.4 Å². The molecule has 50 valence electrons. The molecule has 1 aromatic heterocycles. The van der Waals surface area contributed by atoms with Crippen molar-refractivity contribution in [1.82, 2.24) is 10.2 Å². The number of aliphatic hydroxyl groups excluding tert-OH is 1. The standard InChI is InChI=1S/C5H8N2OS/c1-2-4-6-7-5(3-8)9-4/h8H,2-3H2,1H3. The van der Waals surface area contributed by atoms with Crippen LogP contribution in [0.15, 0.2) is 0 Å². The van der Waals surface area contributed by atoms with Gasteiger partial charge in [-0.25, -0.2) is 0 Å². The number of hydrogen-bond donors (Lipinski definition) is 1. The third kappa shape index (κ3) is 1.46. The van der Waals surface area contributed by atoms with Crippen LogP contribution in [0.5, 0.6) is 0 Å². The van der Waals surface area contributed by atoms with Crippen LogP contribution in [-0.2, 0) is 13.0 Å². The minimum Gasteiger partial charge on any atom is -0.389 e. The van der Waals surface area contributed by atoms with E-state index in [-0.39, 0.29) is 6.61 Å².